The van der Waals surface area contributed by atoms with E-state index >= 15 is 0 Å². The van der Waals surface area contributed by atoms with Crippen LogP contribution in [0.3, 0.4) is 0 Å². The average Bonchev–Trinajstić information content (AvgIpc) is 3.23. The first kappa shape index (κ1) is 18.7. The molecule has 0 unspecified atom stereocenters. The molecule has 150 valence electrons. The Balaban J connectivity index is 1.33. The summed E-state index contributed by atoms with van der Waals surface area (Å²) in [5.74, 6) is 1.56. The smallest absolute Gasteiger partial charge is 0.255 e. The number of H-pyrrole nitrogens is 1. The largest absolute Gasteiger partial charge is 0.338 e. The van der Waals surface area contributed by atoms with Gasteiger partial charge >= 0.3 is 0 Å². The van der Waals surface area contributed by atoms with E-state index < -0.39 is 0 Å². The number of rotatable bonds is 4. The van der Waals surface area contributed by atoms with Crippen LogP contribution in [0.15, 0.2) is 58.1 Å². The van der Waals surface area contributed by atoms with Crippen LogP contribution in [0.5, 0.6) is 0 Å². The molecule has 0 spiro atoms. The van der Waals surface area contributed by atoms with E-state index in [1.807, 2.05) is 24.3 Å². The van der Waals surface area contributed by atoms with Crippen molar-refractivity contribution in [2.45, 2.75) is 19.5 Å². The Morgan fingerprint density at radius 2 is 2.00 bits per heavy atom. The minimum atomic E-state index is -0.129. The average molecular weight is 421 g/mol. The molecule has 30 heavy (non-hydrogen) atoms. The number of halogens is 1. The van der Waals surface area contributed by atoms with Gasteiger partial charge in [-0.15, -0.1) is 0 Å². The SMILES string of the molecule is O=c1[nH]c(-c2cccnc2)nc2c1CN(Cc1nc(-c3ccc(Cl)cc3)no1)CC2. The highest BCUT2D eigenvalue weighted by atomic mass is 35.5. The van der Waals surface area contributed by atoms with Gasteiger partial charge in [0.25, 0.3) is 5.56 Å². The third-order valence-corrected chi connectivity index (χ3v) is 5.26. The number of aromatic nitrogens is 5. The van der Waals surface area contributed by atoms with Gasteiger partial charge in [0.15, 0.2) is 0 Å². The summed E-state index contributed by atoms with van der Waals surface area (Å²) in [5, 5.41) is 4.70. The minimum Gasteiger partial charge on any atom is -0.338 e. The van der Waals surface area contributed by atoms with Crippen molar-refractivity contribution in [3.63, 3.8) is 0 Å². The number of pyridine rings is 1. The lowest BCUT2D eigenvalue weighted by molar-refractivity contribution is 0.208. The fourth-order valence-corrected chi connectivity index (χ4v) is 3.61. The van der Waals surface area contributed by atoms with E-state index in [1.54, 1.807) is 24.5 Å². The summed E-state index contributed by atoms with van der Waals surface area (Å²) in [7, 11) is 0. The van der Waals surface area contributed by atoms with Crippen LogP contribution >= 0.6 is 11.6 Å². The number of hydrogen-bond donors (Lipinski definition) is 1. The summed E-state index contributed by atoms with van der Waals surface area (Å²) in [4.78, 5) is 30.8. The molecule has 3 aromatic heterocycles. The number of aromatic amines is 1. The number of nitrogens with zero attached hydrogens (tertiary/aromatic N) is 5. The third kappa shape index (κ3) is 3.74. The van der Waals surface area contributed by atoms with Gasteiger partial charge in [0, 0.05) is 48.1 Å². The van der Waals surface area contributed by atoms with Gasteiger partial charge in [0.05, 0.1) is 17.8 Å². The monoisotopic (exact) mass is 420 g/mol. The van der Waals surface area contributed by atoms with Gasteiger partial charge < -0.3 is 9.51 Å². The molecule has 1 aliphatic heterocycles. The predicted molar refractivity (Wildman–Crippen MR) is 111 cm³/mol. The van der Waals surface area contributed by atoms with E-state index in [0.29, 0.717) is 47.6 Å². The molecule has 0 atom stereocenters. The molecular formula is C21H17ClN6O2. The lowest BCUT2D eigenvalue weighted by atomic mass is 10.1. The second-order valence-corrected chi connectivity index (χ2v) is 7.50. The van der Waals surface area contributed by atoms with Gasteiger partial charge in [0.1, 0.15) is 5.82 Å². The first-order valence-electron chi connectivity index (χ1n) is 9.49. The highest BCUT2D eigenvalue weighted by Gasteiger charge is 2.23. The van der Waals surface area contributed by atoms with Crippen LogP contribution < -0.4 is 5.56 Å². The standard InChI is InChI=1S/C21H17ClN6O2/c22-15-5-3-13(4-6-15)20-25-18(30-27-20)12-28-9-7-17-16(11-28)21(29)26-19(24-17)14-2-1-8-23-10-14/h1-6,8,10H,7,9,11-12H2,(H,24,26,29). The fourth-order valence-electron chi connectivity index (χ4n) is 3.48. The molecule has 0 saturated carbocycles. The van der Waals surface area contributed by atoms with Crippen molar-refractivity contribution < 1.29 is 4.52 Å². The molecule has 0 fully saturated rings. The van der Waals surface area contributed by atoms with Crippen molar-refractivity contribution in [3.8, 4) is 22.8 Å². The molecule has 0 aliphatic carbocycles. The molecule has 0 amide bonds. The summed E-state index contributed by atoms with van der Waals surface area (Å²) in [5.41, 5.74) is 2.99. The Labute approximate surface area is 176 Å². The van der Waals surface area contributed by atoms with Crippen molar-refractivity contribution in [3.05, 3.63) is 81.3 Å². The predicted octanol–water partition coefficient (Wildman–Crippen LogP) is 3.09. The second kappa shape index (κ2) is 7.81. The number of hydrogen-bond acceptors (Lipinski definition) is 7. The van der Waals surface area contributed by atoms with Crippen molar-refractivity contribution in [1.82, 2.24) is 30.0 Å². The number of benzene rings is 1. The maximum absolute atomic E-state index is 12.7. The lowest BCUT2D eigenvalue weighted by Crippen LogP contribution is -2.35. The maximum Gasteiger partial charge on any atom is 0.255 e. The minimum absolute atomic E-state index is 0.129. The summed E-state index contributed by atoms with van der Waals surface area (Å²) in [6.45, 7) is 1.68. The molecule has 1 aromatic carbocycles. The quantitative estimate of drug-likeness (QED) is 0.541. The van der Waals surface area contributed by atoms with E-state index in [2.05, 4.69) is 30.0 Å². The molecule has 0 bridgehead atoms. The fraction of sp³-hybridized carbons (Fsp3) is 0.190. The van der Waals surface area contributed by atoms with Gasteiger partial charge in [-0.25, -0.2) is 4.98 Å². The van der Waals surface area contributed by atoms with E-state index in [0.717, 1.165) is 23.4 Å². The first-order chi connectivity index (χ1) is 14.7. The van der Waals surface area contributed by atoms with Crippen LogP contribution in [0.25, 0.3) is 22.8 Å². The van der Waals surface area contributed by atoms with Crippen molar-refractivity contribution in [2.75, 3.05) is 6.54 Å². The first-order valence-corrected chi connectivity index (χ1v) is 9.87. The summed E-state index contributed by atoms with van der Waals surface area (Å²) >= 11 is 5.92. The number of fused-ring (bicyclic) bond motifs is 1. The summed E-state index contributed by atoms with van der Waals surface area (Å²) in [6.07, 6.45) is 4.05. The lowest BCUT2D eigenvalue weighted by Gasteiger charge is -2.26. The van der Waals surface area contributed by atoms with Crippen LogP contribution in [-0.4, -0.2) is 36.5 Å². The Morgan fingerprint density at radius 1 is 1.13 bits per heavy atom. The van der Waals surface area contributed by atoms with Gasteiger partial charge in [-0.3, -0.25) is 14.7 Å². The summed E-state index contributed by atoms with van der Waals surface area (Å²) < 4.78 is 5.40. The molecule has 9 heteroatoms. The van der Waals surface area contributed by atoms with E-state index in [4.69, 9.17) is 16.1 Å². The summed E-state index contributed by atoms with van der Waals surface area (Å²) in [6, 6.07) is 11.0. The van der Waals surface area contributed by atoms with Crippen LogP contribution in [0.2, 0.25) is 5.02 Å². The third-order valence-electron chi connectivity index (χ3n) is 5.01. The van der Waals surface area contributed by atoms with Crippen LogP contribution in [0.4, 0.5) is 0 Å². The molecule has 0 saturated heterocycles. The molecule has 0 radical (unpaired) electrons. The molecule has 1 aliphatic rings. The zero-order chi connectivity index (χ0) is 20.5. The van der Waals surface area contributed by atoms with Crippen molar-refractivity contribution >= 4 is 11.6 Å². The van der Waals surface area contributed by atoms with Gasteiger partial charge in [-0.05, 0) is 36.4 Å². The highest BCUT2D eigenvalue weighted by molar-refractivity contribution is 6.30. The maximum atomic E-state index is 12.7. The van der Waals surface area contributed by atoms with E-state index in [1.165, 1.54) is 0 Å². The zero-order valence-corrected chi connectivity index (χ0v) is 16.6. The normalized spacial score (nSPS) is 13.9. The zero-order valence-electron chi connectivity index (χ0n) is 15.9. The van der Waals surface area contributed by atoms with E-state index in [-0.39, 0.29) is 5.56 Å². The van der Waals surface area contributed by atoms with Gasteiger partial charge in [-0.2, -0.15) is 4.98 Å². The highest BCUT2D eigenvalue weighted by Crippen LogP contribution is 2.21. The van der Waals surface area contributed by atoms with Crippen LogP contribution in [0.1, 0.15) is 17.1 Å². The molecule has 8 nitrogen and oxygen atoms in total. The topological polar surface area (TPSA) is 101 Å². The Kier molecular flexibility index (Phi) is 4.86. The van der Waals surface area contributed by atoms with Crippen molar-refractivity contribution in [1.29, 1.82) is 0 Å². The van der Waals surface area contributed by atoms with Crippen LogP contribution in [-0.2, 0) is 19.5 Å². The Hall–Kier alpha value is -3.36. The van der Waals surface area contributed by atoms with Gasteiger partial charge in [0.2, 0.25) is 11.7 Å². The van der Waals surface area contributed by atoms with Crippen molar-refractivity contribution in [2.24, 2.45) is 0 Å². The molecule has 1 N–H and O–H groups in total. The molecule has 5 rings (SSSR count). The Morgan fingerprint density at radius 3 is 2.80 bits per heavy atom. The van der Waals surface area contributed by atoms with Gasteiger partial charge in [-0.1, -0.05) is 16.8 Å². The Bertz CT molecular complexity index is 1240. The van der Waals surface area contributed by atoms with Crippen LogP contribution in [0, 0.1) is 0 Å². The number of nitrogens with one attached hydrogen (secondary N) is 1. The van der Waals surface area contributed by atoms with E-state index in [9.17, 15) is 4.79 Å². The second-order valence-electron chi connectivity index (χ2n) is 7.06. The molecule has 4 heterocycles. The molecule has 4 aromatic rings. The molecular weight excluding hydrogens is 404 g/mol.